The Morgan fingerprint density at radius 1 is 1.32 bits per heavy atom. The van der Waals surface area contributed by atoms with Crippen molar-refractivity contribution < 1.29 is 17.9 Å². The number of hydrogen-bond acceptors (Lipinski definition) is 4. The van der Waals surface area contributed by atoms with E-state index in [1.165, 1.54) is 23.9 Å². The van der Waals surface area contributed by atoms with Crippen LogP contribution in [0, 0.1) is 11.3 Å². The van der Waals surface area contributed by atoms with Crippen molar-refractivity contribution in [2.24, 2.45) is 0 Å². The van der Waals surface area contributed by atoms with Crippen LogP contribution in [0.4, 0.5) is 13.2 Å². The van der Waals surface area contributed by atoms with Crippen LogP contribution in [-0.4, -0.2) is 21.6 Å². The van der Waals surface area contributed by atoms with Crippen LogP contribution in [0.5, 0.6) is 0 Å². The number of alkyl halides is 3. The highest BCUT2D eigenvalue weighted by atomic mass is 32.2. The highest BCUT2D eigenvalue weighted by Gasteiger charge is 2.37. The molecule has 0 bridgehead atoms. The lowest BCUT2D eigenvalue weighted by Gasteiger charge is -2.37. The molecule has 0 amide bonds. The Labute approximate surface area is 166 Å². The quantitative estimate of drug-likeness (QED) is 0.711. The van der Waals surface area contributed by atoms with Gasteiger partial charge < -0.3 is 4.74 Å². The third kappa shape index (κ3) is 4.53. The van der Waals surface area contributed by atoms with Crippen molar-refractivity contribution in [2.75, 3.05) is 6.61 Å². The first-order valence-corrected chi connectivity index (χ1v) is 9.79. The number of H-pyrrole nitrogens is 1. The first-order valence-electron chi connectivity index (χ1n) is 8.97. The number of thioether (sulfide) groups is 1. The summed E-state index contributed by atoms with van der Waals surface area (Å²) in [5.74, 6) is 0. The van der Waals surface area contributed by atoms with Gasteiger partial charge in [0.25, 0.3) is 0 Å². The first kappa shape index (κ1) is 20.7. The van der Waals surface area contributed by atoms with Crippen LogP contribution in [0.1, 0.15) is 56.7 Å². The van der Waals surface area contributed by atoms with Crippen molar-refractivity contribution in [1.29, 1.82) is 5.26 Å². The summed E-state index contributed by atoms with van der Waals surface area (Å²) in [4.78, 5) is 0.592. The van der Waals surface area contributed by atoms with Crippen molar-refractivity contribution in [1.82, 2.24) is 10.2 Å². The molecule has 0 saturated carbocycles. The molecule has 3 rings (SSSR count). The molecule has 150 valence electrons. The molecule has 0 aliphatic carbocycles. The second-order valence-electron chi connectivity index (χ2n) is 7.84. The van der Waals surface area contributed by atoms with Gasteiger partial charge in [-0.1, -0.05) is 6.07 Å². The Morgan fingerprint density at radius 2 is 2.07 bits per heavy atom. The van der Waals surface area contributed by atoms with Crippen molar-refractivity contribution in [2.45, 2.75) is 61.0 Å². The summed E-state index contributed by atoms with van der Waals surface area (Å²) in [6, 6.07) is 9.50. The molecular formula is C20H22F3N3OS. The number of nitrogens with one attached hydrogen (secondary N) is 1. The average molecular weight is 409 g/mol. The molecule has 4 nitrogen and oxygen atoms in total. The highest BCUT2D eigenvalue weighted by Crippen LogP contribution is 2.46. The number of ether oxygens (including phenoxy) is 1. The van der Waals surface area contributed by atoms with Crippen molar-refractivity contribution in [3.63, 3.8) is 0 Å². The maximum atomic E-state index is 13.0. The normalized spacial score (nSPS) is 23.4. The van der Waals surface area contributed by atoms with E-state index >= 15 is 0 Å². The molecule has 2 heterocycles. The maximum absolute atomic E-state index is 13.0. The summed E-state index contributed by atoms with van der Waals surface area (Å²) in [6.07, 6.45) is -3.24. The molecule has 1 aromatic heterocycles. The van der Waals surface area contributed by atoms with Crippen LogP contribution < -0.4 is 0 Å². The second-order valence-corrected chi connectivity index (χ2v) is 9.50. The molecule has 1 N–H and O–H groups in total. The van der Waals surface area contributed by atoms with Crippen molar-refractivity contribution in [3.8, 4) is 6.07 Å². The Balaban J connectivity index is 1.77. The van der Waals surface area contributed by atoms with Crippen LogP contribution in [0.2, 0.25) is 0 Å². The van der Waals surface area contributed by atoms with Gasteiger partial charge in [-0.15, -0.1) is 11.8 Å². The molecule has 8 heteroatoms. The largest absolute Gasteiger partial charge is 0.416 e. The van der Waals surface area contributed by atoms with E-state index in [0.29, 0.717) is 23.6 Å². The number of hydrogen-bond donors (Lipinski definition) is 1. The van der Waals surface area contributed by atoms with E-state index in [2.05, 4.69) is 16.3 Å². The first-order chi connectivity index (χ1) is 13.0. The lowest BCUT2D eigenvalue weighted by molar-refractivity contribution is -0.137. The van der Waals surface area contributed by atoms with Crippen LogP contribution in [0.15, 0.2) is 35.2 Å². The highest BCUT2D eigenvalue weighted by molar-refractivity contribution is 8.00. The predicted octanol–water partition coefficient (Wildman–Crippen LogP) is 5.63. The minimum absolute atomic E-state index is 0.243. The summed E-state index contributed by atoms with van der Waals surface area (Å²) < 4.78 is 44.6. The van der Waals surface area contributed by atoms with E-state index in [9.17, 15) is 18.4 Å². The summed E-state index contributed by atoms with van der Waals surface area (Å²) in [6.45, 7) is 6.14. The fraction of sp³-hybridized carbons (Fsp3) is 0.500. The van der Waals surface area contributed by atoms with Crippen LogP contribution in [-0.2, 0) is 16.3 Å². The number of nitriles is 1. The topological polar surface area (TPSA) is 61.7 Å². The van der Waals surface area contributed by atoms with Gasteiger partial charge in [0, 0.05) is 16.2 Å². The van der Waals surface area contributed by atoms with Gasteiger partial charge in [0.1, 0.15) is 6.10 Å². The molecule has 1 aromatic carbocycles. The molecule has 0 spiro atoms. The van der Waals surface area contributed by atoms with E-state index in [0.717, 1.165) is 18.2 Å². The number of benzene rings is 1. The average Bonchev–Trinajstić information content (AvgIpc) is 3.12. The van der Waals surface area contributed by atoms with Crippen molar-refractivity contribution >= 4 is 11.8 Å². The van der Waals surface area contributed by atoms with Gasteiger partial charge >= 0.3 is 6.18 Å². The molecule has 1 aliphatic rings. The fourth-order valence-corrected chi connectivity index (χ4v) is 4.48. The number of aromatic amines is 1. The molecule has 2 unspecified atom stereocenters. The van der Waals surface area contributed by atoms with Crippen molar-refractivity contribution in [3.05, 3.63) is 47.3 Å². The Morgan fingerprint density at radius 3 is 2.75 bits per heavy atom. The number of halogens is 3. The van der Waals surface area contributed by atoms with Gasteiger partial charge in [-0.3, -0.25) is 5.10 Å². The lowest BCUT2D eigenvalue weighted by Crippen LogP contribution is -2.32. The Hall–Kier alpha value is -1.98. The maximum Gasteiger partial charge on any atom is 0.416 e. The summed E-state index contributed by atoms with van der Waals surface area (Å²) in [7, 11) is 0. The van der Waals surface area contributed by atoms with Crippen LogP contribution in [0.3, 0.4) is 0 Å². The molecule has 1 fully saturated rings. The van der Waals surface area contributed by atoms with Gasteiger partial charge in [-0.25, -0.2) is 0 Å². The molecule has 0 radical (unpaired) electrons. The fourth-order valence-electron chi connectivity index (χ4n) is 3.16. The van der Waals surface area contributed by atoms with E-state index in [-0.39, 0.29) is 10.9 Å². The number of rotatable bonds is 4. The minimum Gasteiger partial charge on any atom is -0.372 e. The molecule has 28 heavy (non-hydrogen) atoms. The second kappa shape index (κ2) is 7.45. The van der Waals surface area contributed by atoms with Gasteiger partial charge in [0.15, 0.2) is 0 Å². The van der Waals surface area contributed by atoms with Crippen LogP contribution in [0.25, 0.3) is 0 Å². The Bertz CT molecular complexity index is 887. The van der Waals surface area contributed by atoms with Gasteiger partial charge in [-0.2, -0.15) is 23.5 Å². The van der Waals surface area contributed by atoms with Crippen LogP contribution >= 0.6 is 11.8 Å². The van der Waals surface area contributed by atoms with E-state index in [1.807, 2.05) is 13.0 Å². The van der Waals surface area contributed by atoms with Gasteiger partial charge in [-0.05, 0) is 57.9 Å². The van der Waals surface area contributed by atoms with E-state index in [1.54, 1.807) is 19.9 Å². The summed E-state index contributed by atoms with van der Waals surface area (Å²) in [5.41, 5.74) is 0.0847. The number of nitrogens with zero attached hydrogens (tertiary/aromatic N) is 2. The third-order valence-electron chi connectivity index (χ3n) is 4.96. The zero-order chi connectivity index (χ0) is 20.6. The zero-order valence-electron chi connectivity index (χ0n) is 15.9. The summed E-state index contributed by atoms with van der Waals surface area (Å²) >= 11 is 1.45. The third-order valence-corrected chi connectivity index (χ3v) is 6.31. The van der Waals surface area contributed by atoms with Gasteiger partial charge in [0.05, 0.1) is 28.4 Å². The Kier molecular flexibility index (Phi) is 5.52. The molecule has 1 saturated heterocycles. The molecular weight excluding hydrogens is 387 g/mol. The minimum atomic E-state index is -4.35. The van der Waals surface area contributed by atoms with Gasteiger partial charge in [0.2, 0.25) is 0 Å². The SMILES string of the molecule is CC1(Sc2cccc(C(F)(F)F)c2)CCOC(c2cc(C(C)(C)C#N)n[nH]2)C1. The number of aromatic nitrogens is 2. The lowest BCUT2D eigenvalue weighted by atomic mass is 9.90. The standard InChI is InChI=1S/C20H22F3N3OS/c1-18(2,12-24)17-10-15(25-26-17)16-11-19(3,7-8-27-16)28-14-6-4-5-13(9-14)20(21,22)23/h4-6,9-10,16H,7-8,11H2,1-3H3,(H,25,26). The predicted molar refractivity (Wildman–Crippen MR) is 101 cm³/mol. The monoisotopic (exact) mass is 409 g/mol. The van der Waals surface area contributed by atoms with E-state index in [4.69, 9.17) is 4.74 Å². The molecule has 1 aliphatic heterocycles. The smallest absolute Gasteiger partial charge is 0.372 e. The summed E-state index contributed by atoms with van der Waals surface area (Å²) in [5, 5.41) is 16.5. The van der Waals surface area contributed by atoms with E-state index < -0.39 is 17.2 Å². The molecule has 2 atom stereocenters. The molecule has 2 aromatic rings. The zero-order valence-corrected chi connectivity index (χ0v) is 16.7.